The first-order valence-electron chi connectivity index (χ1n) is 7.17. The van der Waals surface area contributed by atoms with Crippen molar-refractivity contribution < 1.29 is 14.7 Å². The summed E-state index contributed by atoms with van der Waals surface area (Å²) in [5.74, 6) is -0.529. The van der Waals surface area contributed by atoms with E-state index < -0.39 is 5.97 Å². The van der Waals surface area contributed by atoms with Crippen molar-refractivity contribution in [1.29, 1.82) is 0 Å². The smallest absolute Gasteiger partial charge is 0.335 e. The van der Waals surface area contributed by atoms with E-state index in [1.807, 2.05) is 4.90 Å². The number of carboxylic acid groups (broad SMARTS) is 1. The standard InChI is InChI=1S/C15H18N2O3/c18-14(12-9-11(15(19)20)6-7-16-12)17-8-2-4-10-3-1-5-13(10)17/h6-7,9-10,13H,1-5,8H2,(H,19,20). The normalized spacial score (nSPS) is 25.3. The highest BCUT2D eigenvalue weighted by molar-refractivity contribution is 5.96. The number of aromatic carboxylic acids is 1. The highest BCUT2D eigenvalue weighted by atomic mass is 16.4. The molecule has 1 aliphatic heterocycles. The summed E-state index contributed by atoms with van der Waals surface area (Å²) in [6, 6.07) is 3.11. The van der Waals surface area contributed by atoms with Crippen molar-refractivity contribution in [3.05, 3.63) is 29.6 Å². The number of aromatic nitrogens is 1. The summed E-state index contributed by atoms with van der Waals surface area (Å²) in [5.41, 5.74) is 0.362. The van der Waals surface area contributed by atoms with Crippen LogP contribution < -0.4 is 0 Å². The first-order valence-corrected chi connectivity index (χ1v) is 7.17. The van der Waals surface area contributed by atoms with E-state index in [0.717, 1.165) is 19.4 Å². The average Bonchev–Trinajstić information content (AvgIpc) is 2.95. The van der Waals surface area contributed by atoms with Crippen LogP contribution in [0.4, 0.5) is 0 Å². The third-order valence-electron chi connectivity index (χ3n) is 4.48. The number of hydrogen-bond acceptors (Lipinski definition) is 3. The molecule has 2 atom stereocenters. The van der Waals surface area contributed by atoms with Gasteiger partial charge in [-0.25, -0.2) is 4.79 Å². The molecule has 1 aromatic rings. The van der Waals surface area contributed by atoms with Crippen molar-refractivity contribution in [3.8, 4) is 0 Å². The van der Waals surface area contributed by atoms with E-state index in [2.05, 4.69) is 4.98 Å². The van der Waals surface area contributed by atoms with Crippen LogP contribution in [0.5, 0.6) is 0 Å². The van der Waals surface area contributed by atoms with Crippen molar-refractivity contribution in [2.45, 2.75) is 38.1 Å². The van der Waals surface area contributed by atoms with Gasteiger partial charge in [0.25, 0.3) is 5.91 Å². The molecule has 0 aromatic carbocycles. The topological polar surface area (TPSA) is 70.5 Å². The second kappa shape index (κ2) is 5.23. The van der Waals surface area contributed by atoms with Crippen molar-refractivity contribution in [2.24, 2.45) is 5.92 Å². The third-order valence-corrected chi connectivity index (χ3v) is 4.48. The largest absolute Gasteiger partial charge is 0.478 e. The molecule has 3 rings (SSSR count). The molecule has 2 unspecified atom stereocenters. The summed E-state index contributed by atoms with van der Waals surface area (Å²) in [5, 5.41) is 9.00. The van der Waals surface area contributed by atoms with Crippen LogP contribution in [0.1, 0.15) is 53.0 Å². The maximum Gasteiger partial charge on any atom is 0.335 e. The van der Waals surface area contributed by atoms with Crippen LogP contribution in [-0.2, 0) is 0 Å². The summed E-state index contributed by atoms with van der Waals surface area (Å²) in [6.07, 6.45) is 7.09. The number of fused-ring (bicyclic) bond motifs is 1. The van der Waals surface area contributed by atoms with Gasteiger partial charge in [0.05, 0.1) is 5.56 Å². The van der Waals surface area contributed by atoms with Gasteiger partial charge in [-0.1, -0.05) is 6.42 Å². The number of nitrogens with zero attached hydrogens (tertiary/aromatic N) is 2. The second-order valence-corrected chi connectivity index (χ2v) is 5.63. The van der Waals surface area contributed by atoms with Gasteiger partial charge >= 0.3 is 5.97 Å². The zero-order valence-electron chi connectivity index (χ0n) is 11.3. The number of carbonyl (C=O) groups is 2. The Hall–Kier alpha value is -1.91. The van der Waals surface area contributed by atoms with E-state index in [0.29, 0.717) is 12.0 Å². The summed E-state index contributed by atoms with van der Waals surface area (Å²) in [6.45, 7) is 0.763. The van der Waals surface area contributed by atoms with Crippen LogP contribution in [-0.4, -0.2) is 39.5 Å². The summed E-state index contributed by atoms with van der Waals surface area (Å²) >= 11 is 0. The molecule has 2 fully saturated rings. The van der Waals surface area contributed by atoms with Crippen molar-refractivity contribution in [1.82, 2.24) is 9.88 Å². The Balaban J connectivity index is 1.84. The zero-order valence-corrected chi connectivity index (χ0v) is 11.3. The van der Waals surface area contributed by atoms with Gasteiger partial charge in [-0.05, 0) is 43.7 Å². The minimum atomic E-state index is -1.03. The van der Waals surface area contributed by atoms with E-state index in [4.69, 9.17) is 5.11 Å². The molecule has 106 valence electrons. The van der Waals surface area contributed by atoms with Gasteiger partial charge in [-0.15, -0.1) is 0 Å². The Morgan fingerprint density at radius 2 is 2.05 bits per heavy atom. The van der Waals surface area contributed by atoms with Crippen LogP contribution in [0.2, 0.25) is 0 Å². The van der Waals surface area contributed by atoms with Gasteiger partial charge in [0, 0.05) is 18.8 Å². The van der Waals surface area contributed by atoms with E-state index >= 15 is 0 Å². The molecule has 5 heteroatoms. The molecule has 1 saturated heterocycles. The van der Waals surface area contributed by atoms with E-state index in [1.54, 1.807) is 0 Å². The van der Waals surface area contributed by atoms with Gasteiger partial charge in [-0.3, -0.25) is 9.78 Å². The summed E-state index contributed by atoms with van der Waals surface area (Å²) < 4.78 is 0. The van der Waals surface area contributed by atoms with E-state index in [-0.39, 0.29) is 17.2 Å². The number of hydrogen-bond donors (Lipinski definition) is 1. The van der Waals surface area contributed by atoms with Gasteiger partial charge in [0.15, 0.2) is 0 Å². The lowest BCUT2D eigenvalue weighted by Crippen LogP contribution is -2.46. The molecule has 20 heavy (non-hydrogen) atoms. The lowest BCUT2D eigenvalue weighted by atomic mass is 9.91. The quantitative estimate of drug-likeness (QED) is 0.897. The lowest BCUT2D eigenvalue weighted by molar-refractivity contribution is 0.0542. The lowest BCUT2D eigenvalue weighted by Gasteiger charge is -2.37. The molecule has 5 nitrogen and oxygen atoms in total. The van der Waals surface area contributed by atoms with Crippen LogP contribution in [0.15, 0.2) is 18.3 Å². The van der Waals surface area contributed by atoms with Gasteiger partial charge in [0.1, 0.15) is 5.69 Å². The molecule has 2 aliphatic rings. The third kappa shape index (κ3) is 2.28. The number of amides is 1. The average molecular weight is 274 g/mol. The van der Waals surface area contributed by atoms with E-state index in [9.17, 15) is 9.59 Å². The number of likely N-dealkylation sites (tertiary alicyclic amines) is 1. The van der Waals surface area contributed by atoms with Crippen molar-refractivity contribution >= 4 is 11.9 Å². The minimum absolute atomic E-state index is 0.114. The van der Waals surface area contributed by atoms with Crippen molar-refractivity contribution in [3.63, 3.8) is 0 Å². The first-order chi connectivity index (χ1) is 9.66. The second-order valence-electron chi connectivity index (χ2n) is 5.63. The molecular weight excluding hydrogens is 256 g/mol. The van der Waals surface area contributed by atoms with Gasteiger partial charge in [-0.2, -0.15) is 0 Å². The number of carbonyl (C=O) groups excluding carboxylic acids is 1. The highest BCUT2D eigenvalue weighted by Gasteiger charge is 2.37. The maximum absolute atomic E-state index is 12.6. The fourth-order valence-electron chi connectivity index (χ4n) is 3.53. The SMILES string of the molecule is O=C(O)c1ccnc(C(=O)N2CCCC3CCCC32)c1. The monoisotopic (exact) mass is 274 g/mol. The van der Waals surface area contributed by atoms with Crippen LogP contribution >= 0.6 is 0 Å². The number of pyridine rings is 1. The Morgan fingerprint density at radius 1 is 1.25 bits per heavy atom. The Bertz CT molecular complexity index is 544. The number of rotatable bonds is 2. The molecule has 0 radical (unpaired) electrons. The highest BCUT2D eigenvalue weighted by Crippen LogP contribution is 2.37. The molecule has 0 spiro atoms. The molecule has 0 bridgehead atoms. The Morgan fingerprint density at radius 3 is 2.85 bits per heavy atom. The maximum atomic E-state index is 12.6. The molecule has 1 aliphatic carbocycles. The molecule has 2 heterocycles. The van der Waals surface area contributed by atoms with Gasteiger partial charge in [0.2, 0.25) is 0 Å². The summed E-state index contributed by atoms with van der Waals surface area (Å²) in [7, 11) is 0. The molecule has 1 N–H and O–H groups in total. The first kappa shape index (κ1) is 13.1. The van der Waals surface area contributed by atoms with Crippen molar-refractivity contribution in [2.75, 3.05) is 6.54 Å². The predicted octanol–water partition coefficient (Wildman–Crippen LogP) is 2.18. The Kier molecular flexibility index (Phi) is 3.42. The fourth-order valence-corrected chi connectivity index (χ4v) is 3.53. The van der Waals surface area contributed by atoms with Crippen LogP contribution in [0, 0.1) is 5.92 Å². The predicted molar refractivity (Wildman–Crippen MR) is 72.6 cm³/mol. The van der Waals surface area contributed by atoms with Gasteiger partial charge < -0.3 is 10.0 Å². The summed E-state index contributed by atoms with van der Waals surface area (Å²) in [4.78, 5) is 29.5. The van der Waals surface area contributed by atoms with E-state index in [1.165, 1.54) is 37.6 Å². The minimum Gasteiger partial charge on any atom is -0.478 e. The number of piperidine rings is 1. The zero-order chi connectivity index (χ0) is 14.1. The molecular formula is C15H18N2O3. The fraction of sp³-hybridized carbons (Fsp3) is 0.533. The Labute approximate surface area is 117 Å². The van der Waals surface area contributed by atoms with Crippen LogP contribution in [0.25, 0.3) is 0 Å². The molecule has 1 saturated carbocycles. The van der Waals surface area contributed by atoms with Crippen LogP contribution in [0.3, 0.4) is 0 Å². The molecule has 1 amide bonds. The number of carboxylic acids is 1. The molecule has 1 aromatic heterocycles.